The summed E-state index contributed by atoms with van der Waals surface area (Å²) < 4.78 is 0. The van der Waals surface area contributed by atoms with E-state index in [4.69, 9.17) is 10.2 Å². The van der Waals surface area contributed by atoms with Gasteiger partial charge in [0, 0.05) is 38.1 Å². The minimum absolute atomic E-state index is 0. The molecule has 60 heavy (non-hydrogen) atoms. The normalized spacial score (nSPS) is 10.9. The summed E-state index contributed by atoms with van der Waals surface area (Å²) >= 11 is 0. The minimum atomic E-state index is -1.07. The number of carboxylic acid groups (broad SMARTS) is 4. The van der Waals surface area contributed by atoms with Gasteiger partial charge in [-0.3, -0.25) is 9.59 Å². The third kappa shape index (κ3) is 59.9. The van der Waals surface area contributed by atoms with Crippen LogP contribution in [0.2, 0.25) is 0 Å². The van der Waals surface area contributed by atoms with Gasteiger partial charge in [0.25, 0.3) is 0 Å². The molecule has 0 aliphatic heterocycles. The molecule has 0 aromatic heterocycles. The van der Waals surface area contributed by atoms with Crippen LogP contribution < -0.4 is 69.3 Å². The van der Waals surface area contributed by atoms with E-state index in [0.717, 1.165) is 38.8 Å². The van der Waals surface area contributed by atoms with Gasteiger partial charge in [0.05, 0.1) is 12.8 Å². The predicted octanol–water partition coefficient (Wildman–Crippen LogP) is 4.34. The summed E-state index contributed by atoms with van der Waals surface area (Å²) in [6, 6.07) is 0. The van der Waals surface area contributed by atoms with Crippen molar-refractivity contribution in [1.29, 1.82) is 0 Å². The Hall–Kier alpha value is -0.200. The summed E-state index contributed by atoms with van der Waals surface area (Å²) in [7, 11) is 0. The van der Waals surface area contributed by atoms with Gasteiger partial charge in [-0.1, -0.05) is 206 Å². The standard InChI is InChI=1S/2C24H47NO4.2Na/c2*1-2-3-4-5-6-7-8-9-10-11-12-13-14-15-16-17-20-25(21-18-23(26)27)22-19-24(28)29;;/h2*2-22H2,1H3,(H,26,27)(H,28,29);;/q;;2*+1/p-2. The van der Waals surface area contributed by atoms with Crippen molar-refractivity contribution >= 4 is 23.9 Å². The number of carboxylic acids is 4. The summed E-state index contributed by atoms with van der Waals surface area (Å²) in [5.74, 6) is -3.82. The van der Waals surface area contributed by atoms with E-state index >= 15 is 0 Å². The first-order valence-corrected chi connectivity index (χ1v) is 24.4. The maximum atomic E-state index is 10.7. The molecule has 0 rings (SSSR count). The molecule has 10 nitrogen and oxygen atoms in total. The van der Waals surface area contributed by atoms with Gasteiger partial charge in [0.15, 0.2) is 0 Å². The molecule has 0 aromatic carbocycles. The van der Waals surface area contributed by atoms with Crippen LogP contribution >= 0.6 is 0 Å². The van der Waals surface area contributed by atoms with Gasteiger partial charge in [-0.05, 0) is 38.8 Å². The van der Waals surface area contributed by atoms with Crippen molar-refractivity contribution in [2.24, 2.45) is 0 Å². The number of hydrogen-bond acceptors (Lipinski definition) is 8. The van der Waals surface area contributed by atoms with Gasteiger partial charge in [0.2, 0.25) is 0 Å². The quantitative estimate of drug-likeness (QED) is 0.0666. The zero-order chi connectivity index (χ0) is 43.2. The molecule has 12 heteroatoms. The third-order valence-corrected chi connectivity index (χ3v) is 11.2. The molecule has 0 unspecified atom stereocenters. The average molecular weight is 871 g/mol. The van der Waals surface area contributed by atoms with Gasteiger partial charge in [-0.2, -0.15) is 0 Å². The predicted molar refractivity (Wildman–Crippen MR) is 236 cm³/mol. The molecule has 0 aliphatic carbocycles. The zero-order valence-corrected chi connectivity index (χ0v) is 43.9. The number of aliphatic carboxylic acids is 4. The summed E-state index contributed by atoms with van der Waals surface area (Å²) in [5, 5.41) is 38.8. The van der Waals surface area contributed by atoms with Crippen molar-refractivity contribution in [2.45, 2.75) is 245 Å². The maximum absolute atomic E-state index is 10.7. The minimum Gasteiger partial charge on any atom is -0.550 e. The monoisotopic (exact) mass is 871 g/mol. The van der Waals surface area contributed by atoms with Crippen molar-refractivity contribution in [3.05, 3.63) is 0 Å². The molecule has 0 saturated carbocycles. The molecule has 0 atom stereocenters. The van der Waals surface area contributed by atoms with Crippen LogP contribution in [0.1, 0.15) is 245 Å². The van der Waals surface area contributed by atoms with E-state index in [1.807, 2.05) is 9.80 Å². The van der Waals surface area contributed by atoms with Gasteiger partial charge in [-0.25, -0.2) is 0 Å². The van der Waals surface area contributed by atoms with Crippen LogP contribution in [0.25, 0.3) is 0 Å². The molecule has 0 fully saturated rings. The number of unbranched alkanes of at least 4 members (excludes halogenated alkanes) is 30. The molecule has 0 amide bonds. The second-order valence-electron chi connectivity index (χ2n) is 16.8. The number of nitrogens with zero attached hydrogens (tertiary/aromatic N) is 2. The fourth-order valence-electron chi connectivity index (χ4n) is 7.44. The summed E-state index contributed by atoms with van der Waals surface area (Å²) in [5.41, 5.74) is 0. The van der Waals surface area contributed by atoms with Crippen LogP contribution in [0.3, 0.4) is 0 Å². The topological polar surface area (TPSA) is 161 Å². The van der Waals surface area contributed by atoms with Crippen molar-refractivity contribution in [3.63, 3.8) is 0 Å². The Labute approximate surface area is 413 Å². The van der Waals surface area contributed by atoms with Gasteiger partial charge >= 0.3 is 71.1 Å². The van der Waals surface area contributed by atoms with Crippen molar-refractivity contribution < 1.29 is 98.7 Å². The fraction of sp³-hybridized carbons (Fsp3) is 0.917. The third-order valence-electron chi connectivity index (χ3n) is 11.2. The van der Waals surface area contributed by atoms with Crippen LogP contribution in [0.15, 0.2) is 0 Å². The van der Waals surface area contributed by atoms with Crippen molar-refractivity contribution in [2.75, 3.05) is 39.3 Å². The first-order chi connectivity index (χ1) is 28.1. The molecular weight excluding hydrogens is 779 g/mol. The van der Waals surface area contributed by atoms with Crippen LogP contribution in [0, 0.1) is 0 Å². The van der Waals surface area contributed by atoms with E-state index in [9.17, 15) is 29.4 Å². The number of rotatable bonds is 46. The Balaban J connectivity index is -0.000000506. The SMILES string of the molecule is CCCCCCCCCCCCCCCCCCN(CCC(=O)[O-])CCC(=O)O.CCCCCCCCCCCCCCCCCCN(CCC(=O)[O-])CCC(=O)O.[Na+].[Na+]. The first-order valence-electron chi connectivity index (χ1n) is 24.4. The molecule has 0 radical (unpaired) electrons. The molecular formula is C48H92N2Na2O8. The Bertz CT molecular complexity index is 823. The molecule has 0 bridgehead atoms. The van der Waals surface area contributed by atoms with E-state index in [1.165, 1.54) is 180 Å². The fourth-order valence-corrected chi connectivity index (χ4v) is 7.44. The number of hydrogen-bond donors (Lipinski definition) is 2. The van der Waals surface area contributed by atoms with Crippen LogP contribution in [-0.2, 0) is 19.2 Å². The Morgan fingerprint density at radius 1 is 0.317 bits per heavy atom. The van der Waals surface area contributed by atoms with Crippen molar-refractivity contribution in [1.82, 2.24) is 9.80 Å². The summed E-state index contributed by atoms with van der Waals surface area (Å²) in [6.07, 6.45) is 42.5. The summed E-state index contributed by atoms with van der Waals surface area (Å²) in [4.78, 5) is 46.5. The smallest absolute Gasteiger partial charge is 0.550 e. The van der Waals surface area contributed by atoms with E-state index in [0.29, 0.717) is 26.2 Å². The average Bonchev–Trinajstić information content (AvgIpc) is 3.18. The Morgan fingerprint density at radius 2 is 0.500 bits per heavy atom. The first kappa shape index (κ1) is 66.4. The van der Waals surface area contributed by atoms with E-state index in [2.05, 4.69) is 13.8 Å². The second kappa shape index (κ2) is 54.9. The maximum Gasteiger partial charge on any atom is 1.00 e. The molecule has 0 saturated heterocycles. The Morgan fingerprint density at radius 3 is 0.683 bits per heavy atom. The van der Waals surface area contributed by atoms with Crippen LogP contribution in [0.5, 0.6) is 0 Å². The van der Waals surface area contributed by atoms with E-state index < -0.39 is 23.9 Å². The zero-order valence-electron chi connectivity index (χ0n) is 39.9. The van der Waals surface area contributed by atoms with Gasteiger partial charge < -0.3 is 39.8 Å². The molecule has 2 N–H and O–H groups in total. The molecule has 344 valence electrons. The number of carbonyl (C=O) groups is 4. The van der Waals surface area contributed by atoms with Crippen LogP contribution in [-0.4, -0.2) is 83.2 Å². The van der Waals surface area contributed by atoms with Crippen molar-refractivity contribution in [3.8, 4) is 0 Å². The van der Waals surface area contributed by atoms with E-state index in [1.54, 1.807) is 0 Å². The molecule has 0 aromatic rings. The Kier molecular flexibility index (Phi) is 60.8. The second-order valence-corrected chi connectivity index (χ2v) is 16.8. The molecule has 0 heterocycles. The largest absolute Gasteiger partial charge is 1.00 e. The van der Waals surface area contributed by atoms with Crippen LogP contribution in [0.4, 0.5) is 0 Å². The molecule has 0 aliphatic rings. The van der Waals surface area contributed by atoms with Gasteiger partial charge in [0.1, 0.15) is 0 Å². The number of carbonyl (C=O) groups excluding carboxylic acids is 2. The molecule has 0 spiro atoms. The van der Waals surface area contributed by atoms with Gasteiger partial charge in [-0.15, -0.1) is 0 Å². The van der Waals surface area contributed by atoms with E-state index in [-0.39, 0.29) is 84.8 Å². The summed E-state index contributed by atoms with van der Waals surface area (Å²) in [6.45, 7) is 7.69.